The van der Waals surface area contributed by atoms with Gasteiger partial charge in [-0.2, -0.15) is 0 Å². The maximum absolute atomic E-state index is 11.6. The Morgan fingerprint density at radius 2 is 1.85 bits per heavy atom. The topological polar surface area (TPSA) is 126 Å². The van der Waals surface area contributed by atoms with Gasteiger partial charge in [-0.1, -0.05) is 23.2 Å². The Balaban J connectivity index is 0.000000801. The number of carbonyl (C=O) groups is 1. The fraction of sp³-hybridized carbons (Fsp3) is 0.350. The number of benzene rings is 2. The molecule has 0 saturated carbocycles. The van der Waals surface area contributed by atoms with Crippen LogP contribution in [-0.4, -0.2) is 37.8 Å². The zero-order valence-corrected chi connectivity index (χ0v) is 20.9. The number of hydrogen-bond donors (Lipinski definition) is 1. The molecule has 10 nitrogen and oxygen atoms in total. The van der Waals surface area contributed by atoms with Crippen molar-refractivity contribution >= 4 is 48.8 Å². The number of nitrogens with one attached hydrogen (secondary N) is 1. The second kappa shape index (κ2) is 14.7. The molecule has 2 rings (SSSR count). The molecule has 0 aliphatic carbocycles. The van der Waals surface area contributed by atoms with Crippen LogP contribution in [-0.2, 0) is 23.1 Å². The number of carbonyl (C=O) groups excluding carboxylic acids is 1. The smallest absolute Gasteiger partial charge is 0.318 e. The molecule has 0 saturated heterocycles. The third kappa shape index (κ3) is 10.4. The van der Waals surface area contributed by atoms with E-state index in [0.29, 0.717) is 21.5 Å². The highest BCUT2D eigenvalue weighted by atomic mass is 35.5. The predicted octanol–water partition coefficient (Wildman–Crippen LogP) is 6.12. The number of rotatable bonds is 10. The third-order valence-electron chi connectivity index (χ3n) is 3.80. The van der Waals surface area contributed by atoms with E-state index in [1.807, 2.05) is 0 Å². The van der Waals surface area contributed by atoms with Gasteiger partial charge in [0.1, 0.15) is 17.2 Å². The summed E-state index contributed by atoms with van der Waals surface area (Å²) in [5, 5.41) is 15.0. The molecule has 0 spiro atoms. The Morgan fingerprint density at radius 3 is 2.36 bits per heavy atom. The lowest BCUT2D eigenvalue weighted by molar-refractivity contribution is -0.384. The fourth-order valence-electron chi connectivity index (χ4n) is 2.41. The van der Waals surface area contributed by atoms with E-state index >= 15 is 0 Å². The first-order valence-electron chi connectivity index (χ1n) is 9.56. The van der Waals surface area contributed by atoms with Gasteiger partial charge in [0.25, 0.3) is 5.69 Å². The minimum atomic E-state index is -2.12. The molecule has 1 N–H and O–H groups in total. The summed E-state index contributed by atoms with van der Waals surface area (Å²) in [6, 6.07) is 8.63. The van der Waals surface area contributed by atoms with E-state index in [2.05, 4.69) is 14.4 Å². The van der Waals surface area contributed by atoms with E-state index in [1.54, 1.807) is 26.0 Å². The molecule has 182 valence electrons. The Labute approximate surface area is 202 Å². The van der Waals surface area contributed by atoms with Gasteiger partial charge in [-0.15, -0.1) is 0 Å². The van der Waals surface area contributed by atoms with Crippen LogP contribution < -0.4 is 10.1 Å². The van der Waals surface area contributed by atoms with E-state index in [0.717, 1.165) is 0 Å². The van der Waals surface area contributed by atoms with Gasteiger partial charge in [-0.25, -0.2) is 0 Å². The van der Waals surface area contributed by atoms with Crippen molar-refractivity contribution in [3.63, 3.8) is 0 Å². The molecule has 1 unspecified atom stereocenters. The van der Waals surface area contributed by atoms with E-state index in [9.17, 15) is 19.5 Å². The van der Waals surface area contributed by atoms with E-state index < -0.39 is 13.2 Å². The summed E-state index contributed by atoms with van der Waals surface area (Å²) in [5.74, 6) is 0.316. The van der Waals surface area contributed by atoms with Crippen molar-refractivity contribution in [2.24, 2.45) is 0 Å². The highest BCUT2D eigenvalue weighted by Crippen LogP contribution is 2.35. The van der Waals surface area contributed by atoms with Gasteiger partial charge in [0, 0.05) is 37.4 Å². The number of nitro groups is 1. The first-order chi connectivity index (χ1) is 15.6. The molecule has 33 heavy (non-hydrogen) atoms. The Bertz CT molecular complexity index is 971. The number of nitro benzene ring substituents is 1. The number of esters is 1. The van der Waals surface area contributed by atoms with Crippen LogP contribution in [0.4, 0.5) is 11.4 Å². The summed E-state index contributed by atoms with van der Waals surface area (Å²) in [6.07, 6.45) is 0.0685. The van der Waals surface area contributed by atoms with Gasteiger partial charge < -0.3 is 23.8 Å². The van der Waals surface area contributed by atoms with Crippen LogP contribution >= 0.6 is 31.5 Å². The predicted molar refractivity (Wildman–Crippen MR) is 127 cm³/mol. The van der Waals surface area contributed by atoms with E-state index in [4.69, 9.17) is 32.7 Å². The van der Waals surface area contributed by atoms with Crippen molar-refractivity contribution in [3.8, 4) is 11.5 Å². The summed E-state index contributed by atoms with van der Waals surface area (Å²) < 4.78 is 29.0. The molecule has 2 aromatic carbocycles. The molecule has 1 atom stereocenters. The van der Waals surface area contributed by atoms with Crippen molar-refractivity contribution in [2.75, 3.05) is 26.1 Å². The summed E-state index contributed by atoms with van der Waals surface area (Å²) in [5.41, 5.74) is 0.0830. The molecule has 0 amide bonds. The van der Waals surface area contributed by atoms with Crippen molar-refractivity contribution in [1.82, 2.24) is 0 Å². The Hall–Kier alpha value is -2.36. The number of ether oxygens (including phenoxy) is 2. The molecular formula is C20H25Cl2N2O8P. The summed E-state index contributed by atoms with van der Waals surface area (Å²) in [4.78, 5) is 22.4. The molecule has 0 heterocycles. The molecular weight excluding hydrogens is 498 g/mol. The highest BCUT2D eigenvalue weighted by molar-refractivity contribution is 7.33. The van der Waals surface area contributed by atoms with Crippen LogP contribution in [0.3, 0.4) is 0 Å². The molecule has 0 radical (unpaired) electrons. The zero-order valence-electron chi connectivity index (χ0n) is 18.4. The maximum atomic E-state index is 11.6. The quantitative estimate of drug-likeness (QED) is 0.170. The minimum Gasteiger partial charge on any atom is -0.466 e. The lowest BCUT2D eigenvalue weighted by Gasteiger charge is -2.16. The molecule has 0 aliphatic heterocycles. The van der Waals surface area contributed by atoms with Crippen LogP contribution in [0, 0.1) is 10.1 Å². The average Bonchev–Trinajstić information content (AvgIpc) is 2.75. The average molecular weight is 523 g/mol. The van der Waals surface area contributed by atoms with Crippen molar-refractivity contribution in [3.05, 3.63) is 56.6 Å². The lowest BCUT2D eigenvalue weighted by Crippen LogP contribution is -2.21. The van der Waals surface area contributed by atoms with Gasteiger partial charge in [-0.3, -0.25) is 19.5 Å². The second-order valence-corrected chi connectivity index (χ2v) is 8.49. The van der Waals surface area contributed by atoms with Crippen LogP contribution in [0.2, 0.25) is 10.0 Å². The van der Waals surface area contributed by atoms with Gasteiger partial charge in [0.05, 0.1) is 23.0 Å². The van der Waals surface area contributed by atoms with Crippen molar-refractivity contribution < 1.29 is 32.8 Å². The number of hydrogen-bond acceptors (Lipinski definition) is 9. The maximum Gasteiger partial charge on any atom is 0.318 e. The number of anilines is 1. The van der Waals surface area contributed by atoms with E-state index in [-0.39, 0.29) is 36.4 Å². The fourth-order valence-corrected chi connectivity index (χ4v) is 3.02. The molecule has 0 aliphatic rings. The number of halogens is 2. The largest absolute Gasteiger partial charge is 0.466 e. The first-order valence-corrected chi connectivity index (χ1v) is 11.5. The van der Waals surface area contributed by atoms with E-state index in [1.165, 1.54) is 38.5 Å². The first kappa shape index (κ1) is 28.7. The molecule has 2 aromatic rings. The summed E-state index contributed by atoms with van der Waals surface area (Å²) >= 11 is 11.9. The monoisotopic (exact) mass is 522 g/mol. The van der Waals surface area contributed by atoms with Gasteiger partial charge >= 0.3 is 14.2 Å². The summed E-state index contributed by atoms with van der Waals surface area (Å²) in [7, 11) is 0.558. The van der Waals surface area contributed by atoms with Gasteiger partial charge in [0.2, 0.25) is 0 Å². The molecule has 13 heteroatoms. The lowest BCUT2D eigenvalue weighted by atomic mass is 10.2. The van der Waals surface area contributed by atoms with Crippen LogP contribution in [0.5, 0.6) is 11.5 Å². The minimum absolute atomic E-state index is 0.0685. The summed E-state index contributed by atoms with van der Waals surface area (Å²) in [6.45, 7) is 3.71. The molecule has 0 bridgehead atoms. The Kier molecular flexibility index (Phi) is 12.8. The SMILES string of the molecule is CCOC(=O)CC(C)Nc1cc(Oc2ccc(Cl)cc2Cl)ccc1[N+](=O)[O-].CO[PH](=O)OC. The Morgan fingerprint density at radius 1 is 1.18 bits per heavy atom. The van der Waals surface area contributed by atoms with Crippen LogP contribution in [0.25, 0.3) is 0 Å². The van der Waals surface area contributed by atoms with Crippen LogP contribution in [0.1, 0.15) is 20.3 Å². The van der Waals surface area contributed by atoms with Crippen molar-refractivity contribution in [1.29, 1.82) is 0 Å². The highest BCUT2D eigenvalue weighted by Gasteiger charge is 2.19. The zero-order chi connectivity index (χ0) is 25.0. The normalized spacial score (nSPS) is 11.2. The van der Waals surface area contributed by atoms with Gasteiger partial charge in [-0.05, 0) is 38.1 Å². The molecule has 0 fully saturated rings. The van der Waals surface area contributed by atoms with Gasteiger partial charge in [0.15, 0.2) is 0 Å². The van der Waals surface area contributed by atoms with Crippen LogP contribution in [0.15, 0.2) is 36.4 Å². The number of nitrogens with zero attached hydrogens (tertiary/aromatic N) is 1. The second-order valence-electron chi connectivity index (χ2n) is 6.33. The molecule has 0 aromatic heterocycles. The third-order valence-corrected chi connectivity index (χ3v) is 5.00. The standard InChI is InChI=1S/C18H18Cl2N2O5.C2H7O3P/c1-3-26-18(23)8-11(2)21-15-10-13(5-6-16(15)22(24)25)27-17-7-4-12(19)9-14(17)20;1-4-6(3)5-2/h4-7,9-11,21H,3,8H2,1-2H3;6H,1-2H3. The van der Waals surface area contributed by atoms with Crippen molar-refractivity contribution in [2.45, 2.75) is 26.3 Å².